The van der Waals surface area contributed by atoms with E-state index in [9.17, 15) is 0 Å². The summed E-state index contributed by atoms with van der Waals surface area (Å²) in [4.78, 5) is 8.63. The Morgan fingerprint density at radius 3 is 2.87 bits per heavy atom. The van der Waals surface area contributed by atoms with Gasteiger partial charge in [0, 0.05) is 5.38 Å². The van der Waals surface area contributed by atoms with Gasteiger partial charge in [0.05, 0.1) is 16.5 Å². The van der Waals surface area contributed by atoms with E-state index in [0.717, 1.165) is 16.7 Å². The second kappa shape index (κ2) is 3.06. The quantitative estimate of drug-likeness (QED) is 0.632. The summed E-state index contributed by atoms with van der Waals surface area (Å²) >= 11 is 1.53. The van der Waals surface area contributed by atoms with Crippen LogP contribution in [0.3, 0.4) is 0 Å². The van der Waals surface area contributed by atoms with Gasteiger partial charge in [-0.2, -0.15) is 0 Å². The summed E-state index contributed by atoms with van der Waals surface area (Å²) in [6, 6.07) is 7.77. The van der Waals surface area contributed by atoms with Crippen LogP contribution >= 0.6 is 11.3 Å². The smallest absolute Gasteiger partial charge is 0.179 e. The van der Waals surface area contributed by atoms with Gasteiger partial charge < -0.3 is 5.84 Å². The summed E-state index contributed by atoms with van der Waals surface area (Å²) in [7, 11) is 0. The molecule has 3 rings (SSSR count). The standard InChI is InChI=1S/C10H8N4S/c11-14-9-4-2-1-3-7(9)13-10(14)8-5-15-6-12-8/h1-6H,11H2. The Kier molecular flexibility index (Phi) is 1.72. The fourth-order valence-corrected chi connectivity index (χ4v) is 2.08. The van der Waals surface area contributed by atoms with Crippen LogP contribution in [0.2, 0.25) is 0 Å². The van der Waals surface area contributed by atoms with Crippen molar-refractivity contribution in [3.8, 4) is 11.5 Å². The van der Waals surface area contributed by atoms with Crippen molar-refractivity contribution in [2.24, 2.45) is 0 Å². The fourth-order valence-electron chi connectivity index (χ4n) is 1.55. The number of aromatic nitrogens is 3. The largest absolute Gasteiger partial charge is 0.337 e. The van der Waals surface area contributed by atoms with Gasteiger partial charge in [-0.05, 0) is 12.1 Å². The highest BCUT2D eigenvalue weighted by atomic mass is 32.1. The molecule has 3 aromatic rings. The lowest BCUT2D eigenvalue weighted by Gasteiger charge is -1.97. The molecule has 0 aliphatic heterocycles. The summed E-state index contributed by atoms with van der Waals surface area (Å²) in [6.07, 6.45) is 0. The molecule has 0 fully saturated rings. The van der Waals surface area contributed by atoms with Gasteiger partial charge in [0.2, 0.25) is 0 Å². The number of hydrogen-bond donors (Lipinski definition) is 1. The summed E-state index contributed by atoms with van der Waals surface area (Å²) in [5, 5.41) is 1.94. The number of nitrogens with zero attached hydrogens (tertiary/aromatic N) is 3. The highest BCUT2D eigenvalue weighted by molar-refractivity contribution is 7.07. The second-order valence-corrected chi connectivity index (χ2v) is 3.89. The van der Waals surface area contributed by atoms with Gasteiger partial charge in [-0.15, -0.1) is 11.3 Å². The highest BCUT2D eigenvalue weighted by Gasteiger charge is 2.10. The molecular weight excluding hydrogens is 208 g/mol. The van der Waals surface area contributed by atoms with E-state index in [1.165, 1.54) is 11.3 Å². The van der Waals surface area contributed by atoms with Crippen LogP contribution in [-0.4, -0.2) is 14.6 Å². The normalized spacial score (nSPS) is 10.9. The minimum Gasteiger partial charge on any atom is -0.337 e. The van der Waals surface area contributed by atoms with Gasteiger partial charge in [0.1, 0.15) is 5.69 Å². The zero-order valence-electron chi connectivity index (χ0n) is 7.79. The van der Waals surface area contributed by atoms with Crippen LogP contribution < -0.4 is 5.84 Å². The van der Waals surface area contributed by atoms with E-state index >= 15 is 0 Å². The maximum atomic E-state index is 5.95. The minimum atomic E-state index is 0.706. The lowest BCUT2D eigenvalue weighted by Crippen LogP contribution is -2.09. The maximum absolute atomic E-state index is 5.95. The Bertz CT molecular complexity index is 597. The van der Waals surface area contributed by atoms with Crippen LogP contribution in [0, 0.1) is 0 Å². The Hall–Kier alpha value is -1.88. The van der Waals surface area contributed by atoms with Crippen LogP contribution in [-0.2, 0) is 0 Å². The van der Waals surface area contributed by atoms with Crippen LogP contribution in [0.5, 0.6) is 0 Å². The van der Waals surface area contributed by atoms with Gasteiger partial charge in [0.15, 0.2) is 5.82 Å². The molecule has 15 heavy (non-hydrogen) atoms. The molecule has 2 aromatic heterocycles. The van der Waals surface area contributed by atoms with Gasteiger partial charge in [-0.1, -0.05) is 12.1 Å². The number of benzene rings is 1. The van der Waals surface area contributed by atoms with Crippen molar-refractivity contribution < 1.29 is 0 Å². The van der Waals surface area contributed by atoms with Crippen molar-refractivity contribution in [3.63, 3.8) is 0 Å². The predicted octanol–water partition coefficient (Wildman–Crippen LogP) is 1.87. The average Bonchev–Trinajstić information content (AvgIpc) is 2.87. The second-order valence-electron chi connectivity index (χ2n) is 3.17. The molecule has 0 bridgehead atoms. The van der Waals surface area contributed by atoms with E-state index in [1.54, 1.807) is 10.2 Å². The highest BCUT2D eigenvalue weighted by Crippen LogP contribution is 2.21. The molecule has 5 heteroatoms. The van der Waals surface area contributed by atoms with E-state index in [4.69, 9.17) is 5.84 Å². The zero-order valence-corrected chi connectivity index (χ0v) is 8.61. The molecule has 1 aromatic carbocycles. The maximum Gasteiger partial charge on any atom is 0.179 e. The summed E-state index contributed by atoms with van der Waals surface area (Å²) in [5.41, 5.74) is 4.40. The number of thiazole rings is 1. The van der Waals surface area contributed by atoms with Crippen molar-refractivity contribution in [3.05, 3.63) is 35.2 Å². The summed E-state index contributed by atoms with van der Waals surface area (Å²) < 4.78 is 1.57. The first-order valence-electron chi connectivity index (χ1n) is 4.47. The molecule has 0 spiro atoms. The first kappa shape index (κ1) is 8.43. The number of fused-ring (bicyclic) bond motifs is 1. The number of para-hydroxylation sites is 2. The predicted molar refractivity (Wildman–Crippen MR) is 61.0 cm³/mol. The molecular formula is C10H8N4S. The van der Waals surface area contributed by atoms with Gasteiger partial charge in [-0.3, -0.25) is 0 Å². The molecule has 0 aliphatic rings. The van der Waals surface area contributed by atoms with Crippen LogP contribution in [0.4, 0.5) is 0 Å². The third-order valence-electron chi connectivity index (χ3n) is 2.26. The molecule has 0 saturated carbocycles. The molecule has 0 atom stereocenters. The number of imidazole rings is 1. The van der Waals surface area contributed by atoms with E-state index < -0.39 is 0 Å². The lowest BCUT2D eigenvalue weighted by atomic mass is 10.3. The summed E-state index contributed by atoms with van der Waals surface area (Å²) in [6.45, 7) is 0. The lowest BCUT2D eigenvalue weighted by molar-refractivity contribution is 1.04. The van der Waals surface area contributed by atoms with Gasteiger partial charge in [0.25, 0.3) is 0 Å². The number of hydrogen-bond acceptors (Lipinski definition) is 4. The monoisotopic (exact) mass is 216 g/mol. The fraction of sp³-hybridized carbons (Fsp3) is 0. The molecule has 2 heterocycles. The van der Waals surface area contributed by atoms with Gasteiger partial charge >= 0.3 is 0 Å². The molecule has 74 valence electrons. The van der Waals surface area contributed by atoms with Crippen molar-refractivity contribution in [2.45, 2.75) is 0 Å². The Balaban J connectivity index is 2.33. The Labute approximate surface area is 90.0 Å². The molecule has 0 radical (unpaired) electrons. The first-order valence-corrected chi connectivity index (χ1v) is 5.41. The third kappa shape index (κ3) is 1.20. The summed E-state index contributed by atoms with van der Waals surface area (Å²) in [5.74, 6) is 6.65. The number of rotatable bonds is 1. The van der Waals surface area contributed by atoms with Crippen LogP contribution in [0.25, 0.3) is 22.6 Å². The molecule has 2 N–H and O–H groups in total. The molecule has 0 saturated heterocycles. The van der Waals surface area contributed by atoms with Crippen LogP contribution in [0.15, 0.2) is 35.2 Å². The third-order valence-corrected chi connectivity index (χ3v) is 2.84. The number of nitrogen functional groups attached to an aromatic ring is 1. The molecule has 4 nitrogen and oxygen atoms in total. The topological polar surface area (TPSA) is 56.7 Å². The van der Waals surface area contributed by atoms with Gasteiger partial charge in [-0.25, -0.2) is 14.6 Å². The molecule has 0 amide bonds. The SMILES string of the molecule is Nn1c(-c2cscn2)nc2ccccc21. The Morgan fingerprint density at radius 2 is 2.13 bits per heavy atom. The van der Waals surface area contributed by atoms with Crippen molar-refractivity contribution >= 4 is 22.4 Å². The van der Waals surface area contributed by atoms with Crippen molar-refractivity contribution in [1.82, 2.24) is 14.6 Å². The van der Waals surface area contributed by atoms with Crippen LogP contribution in [0.1, 0.15) is 0 Å². The molecule has 0 aliphatic carbocycles. The minimum absolute atomic E-state index is 0.706. The van der Waals surface area contributed by atoms with E-state index in [1.807, 2.05) is 29.6 Å². The average molecular weight is 216 g/mol. The van der Waals surface area contributed by atoms with Crippen molar-refractivity contribution in [1.29, 1.82) is 0 Å². The zero-order chi connectivity index (χ0) is 10.3. The van der Waals surface area contributed by atoms with E-state index in [2.05, 4.69) is 9.97 Å². The van der Waals surface area contributed by atoms with Crippen molar-refractivity contribution in [2.75, 3.05) is 5.84 Å². The number of nitrogens with two attached hydrogens (primary N) is 1. The molecule has 0 unspecified atom stereocenters. The van der Waals surface area contributed by atoms with E-state index in [-0.39, 0.29) is 0 Å². The first-order chi connectivity index (χ1) is 7.36. The Morgan fingerprint density at radius 1 is 1.27 bits per heavy atom. The van der Waals surface area contributed by atoms with E-state index in [0.29, 0.717) is 5.82 Å².